The van der Waals surface area contributed by atoms with E-state index in [4.69, 9.17) is 5.11 Å². The van der Waals surface area contributed by atoms with Gasteiger partial charge in [-0.2, -0.15) is 0 Å². The first-order chi connectivity index (χ1) is 7.53. The first-order valence-corrected chi connectivity index (χ1v) is 6.48. The number of anilines is 1. The summed E-state index contributed by atoms with van der Waals surface area (Å²) in [6.07, 6.45) is -0.263. The second-order valence-corrected chi connectivity index (χ2v) is 5.65. The normalized spacial score (nSPS) is 17.2. The molecular weight excluding hydrogens is 228 g/mol. The third-order valence-electron chi connectivity index (χ3n) is 2.64. The molecule has 0 spiro atoms. The molecule has 1 heterocycles. The number of hydrogen-bond donors (Lipinski definition) is 2. The lowest BCUT2D eigenvalue weighted by atomic mass is 10.1. The van der Waals surface area contributed by atoms with Gasteiger partial charge in [-0.15, -0.1) is 0 Å². The Morgan fingerprint density at radius 1 is 1.31 bits per heavy atom. The van der Waals surface area contributed by atoms with Crippen LogP contribution in [0.1, 0.15) is 0 Å². The number of nitrogens with one attached hydrogen (secondary N) is 1. The van der Waals surface area contributed by atoms with Gasteiger partial charge in [0.15, 0.2) is 0 Å². The molecule has 5 nitrogen and oxygen atoms in total. The zero-order valence-electron chi connectivity index (χ0n) is 8.92. The number of rotatable bonds is 3. The minimum atomic E-state index is -3.36. The molecule has 1 fully saturated rings. The van der Waals surface area contributed by atoms with Gasteiger partial charge >= 0.3 is 0 Å². The van der Waals surface area contributed by atoms with Crippen LogP contribution in [0.5, 0.6) is 0 Å². The van der Waals surface area contributed by atoms with Crippen molar-refractivity contribution in [2.24, 2.45) is 0 Å². The van der Waals surface area contributed by atoms with E-state index in [0.29, 0.717) is 13.1 Å². The molecule has 1 aliphatic rings. The first-order valence-electron chi connectivity index (χ1n) is 4.99. The average molecular weight is 242 g/mol. The van der Waals surface area contributed by atoms with Crippen LogP contribution in [0.25, 0.3) is 0 Å². The zero-order chi connectivity index (χ0) is 11.8. The van der Waals surface area contributed by atoms with Crippen LogP contribution in [-0.4, -0.2) is 39.8 Å². The van der Waals surface area contributed by atoms with E-state index in [1.54, 1.807) is 24.3 Å². The van der Waals surface area contributed by atoms with Gasteiger partial charge in [0, 0.05) is 18.8 Å². The quantitative estimate of drug-likeness (QED) is 0.768. The van der Waals surface area contributed by atoms with Crippen LogP contribution >= 0.6 is 0 Å². The van der Waals surface area contributed by atoms with Crippen LogP contribution < -0.4 is 9.62 Å². The number of aliphatic hydroxyl groups is 1. The first kappa shape index (κ1) is 11.4. The largest absolute Gasteiger partial charge is 0.389 e. The van der Waals surface area contributed by atoms with Crippen LogP contribution in [0.3, 0.4) is 0 Å². The van der Waals surface area contributed by atoms with E-state index in [0.717, 1.165) is 5.69 Å². The topological polar surface area (TPSA) is 69.6 Å². The lowest BCUT2D eigenvalue weighted by molar-refractivity contribution is 0.142. The van der Waals surface area contributed by atoms with Crippen LogP contribution in [0.15, 0.2) is 29.2 Å². The molecule has 0 unspecified atom stereocenters. The van der Waals surface area contributed by atoms with E-state index < -0.39 is 10.0 Å². The molecule has 0 amide bonds. The van der Waals surface area contributed by atoms with Crippen molar-refractivity contribution in [3.63, 3.8) is 0 Å². The molecular formula is C10H14N2O3S. The lowest BCUT2D eigenvalue weighted by Gasteiger charge is -2.37. The summed E-state index contributed by atoms with van der Waals surface area (Å²) in [5.74, 6) is 0. The van der Waals surface area contributed by atoms with Crippen molar-refractivity contribution in [3.05, 3.63) is 24.3 Å². The Balaban J connectivity index is 2.17. The van der Waals surface area contributed by atoms with E-state index in [1.807, 2.05) is 4.90 Å². The molecule has 1 saturated heterocycles. The van der Waals surface area contributed by atoms with E-state index >= 15 is 0 Å². The standard InChI is InChI=1S/C10H14N2O3S/c1-11-16(14,15)10-4-2-8(3-5-10)12-6-9(13)7-12/h2-5,9,11,13H,6-7H2,1H3. The van der Waals surface area contributed by atoms with E-state index in [-0.39, 0.29) is 11.0 Å². The van der Waals surface area contributed by atoms with Gasteiger partial charge in [-0.3, -0.25) is 0 Å². The predicted octanol–water partition coefficient (Wildman–Crippen LogP) is -0.224. The van der Waals surface area contributed by atoms with Gasteiger partial charge in [0.1, 0.15) is 0 Å². The van der Waals surface area contributed by atoms with Crippen LogP contribution in [0.4, 0.5) is 5.69 Å². The number of aliphatic hydroxyl groups excluding tert-OH is 1. The minimum Gasteiger partial charge on any atom is -0.389 e. The number of sulfonamides is 1. The Hall–Kier alpha value is -1.11. The molecule has 0 radical (unpaired) electrons. The maximum atomic E-state index is 11.5. The van der Waals surface area contributed by atoms with Crippen molar-refractivity contribution in [1.29, 1.82) is 0 Å². The van der Waals surface area contributed by atoms with Gasteiger partial charge in [0.05, 0.1) is 11.0 Å². The van der Waals surface area contributed by atoms with Crippen molar-refractivity contribution in [3.8, 4) is 0 Å². The minimum absolute atomic E-state index is 0.250. The van der Waals surface area contributed by atoms with Gasteiger partial charge < -0.3 is 10.0 Å². The maximum absolute atomic E-state index is 11.5. The summed E-state index contributed by atoms with van der Waals surface area (Å²) >= 11 is 0. The Labute approximate surface area is 94.8 Å². The second-order valence-electron chi connectivity index (χ2n) is 3.76. The number of hydrogen-bond acceptors (Lipinski definition) is 4. The SMILES string of the molecule is CNS(=O)(=O)c1ccc(N2CC(O)C2)cc1. The fourth-order valence-corrected chi connectivity index (χ4v) is 2.35. The summed E-state index contributed by atoms with van der Waals surface area (Å²) in [6, 6.07) is 6.62. The van der Waals surface area contributed by atoms with Gasteiger partial charge in [-0.1, -0.05) is 0 Å². The number of nitrogens with zero attached hydrogens (tertiary/aromatic N) is 1. The van der Waals surface area contributed by atoms with Crippen LogP contribution in [0.2, 0.25) is 0 Å². The summed E-state index contributed by atoms with van der Waals surface area (Å²) in [4.78, 5) is 2.24. The summed E-state index contributed by atoms with van der Waals surface area (Å²) in [5.41, 5.74) is 0.931. The zero-order valence-corrected chi connectivity index (χ0v) is 9.74. The average Bonchev–Trinajstić information content (AvgIpc) is 2.25. The van der Waals surface area contributed by atoms with Crippen molar-refractivity contribution >= 4 is 15.7 Å². The van der Waals surface area contributed by atoms with Crippen molar-refractivity contribution < 1.29 is 13.5 Å². The molecule has 16 heavy (non-hydrogen) atoms. The summed E-state index contributed by atoms with van der Waals surface area (Å²) < 4.78 is 25.2. The highest BCUT2D eigenvalue weighted by molar-refractivity contribution is 7.89. The summed E-state index contributed by atoms with van der Waals surface area (Å²) in [7, 11) is -1.97. The molecule has 0 aromatic heterocycles. The highest BCUT2D eigenvalue weighted by Crippen LogP contribution is 2.22. The molecule has 2 rings (SSSR count). The smallest absolute Gasteiger partial charge is 0.240 e. The molecule has 0 aliphatic carbocycles. The Morgan fingerprint density at radius 2 is 1.88 bits per heavy atom. The van der Waals surface area contributed by atoms with Crippen molar-refractivity contribution in [2.45, 2.75) is 11.0 Å². The van der Waals surface area contributed by atoms with Gasteiger partial charge in [0.2, 0.25) is 10.0 Å². The highest BCUT2D eigenvalue weighted by atomic mass is 32.2. The van der Waals surface area contributed by atoms with Crippen LogP contribution in [-0.2, 0) is 10.0 Å². The van der Waals surface area contributed by atoms with Gasteiger partial charge in [-0.05, 0) is 31.3 Å². The highest BCUT2D eigenvalue weighted by Gasteiger charge is 2.24. The second kappa shape index (κ2) is 4.04. The Kier molecular flexibility index (Phi) is 2.88. The predicted molar refractivity (Wildman–Crippen MR) is 60.9 cm³/mol. The molecule has 1 aromatic carbocycles. The molecule has 1 aromatic rings. The monoisotopic (exact) mass is 242 g/mol. The molecule has 6 heteroatoms. The molecule has 88 valence electrons. The fourth-order valence-electron chi connectivity index (χ4n) is 1.62. The van der Waals surface area contributed by atoms with Gasteiger partial charge in [-0.25, -0.2) is 13.1 Å². The van der Waals surface area contributed by atoms with Crippen LogP contribution in [0, 0.1) is 0 Å². The molecule has 0 saturated carbocycles. The Bertz CT molecular complexity index is 463. The number of β-amino-alcohol motifs (C(OH)–C–C–N with tert-alkyl or cyclic N) is 1. The lowest BCUT2D eigenvalue weighted by Crippen LogP contribution is -2.50. The third-order valence-corrected chi connectivity index (χ3v) is 4.07. The van der Waals surface area contributed by atoms with Crippen molar-refractivity contribution in [2.75, 3.05) is 25.0 Å². The summed E-state index contributed by atoms with van der Waals surface area (Å²) in [6.45, 7) is 1.22. The molecule has 0 atom stereocenters. The van der Waals surface area contributed by atoms with Gasteiger partial charge in [0.25, 0.3) is 0 Å². The maximum Gasteiger partial charge on any atom is 0.240 e. The molecule has 2 N–H and O–H groups in total. The molecule has 0 bridgehead atoms. The number of benzene rings is 1. The van der Waals surface area contributed by atoms with E-state index in [2.05, 4.69) is 4.72 Å². The van der Waals surface area contributed by atoms with E-state index in [9.17, 15) is 8.42 Å². The van der Waals surface area contributed by atoms with E-state index in [1.165, 1.54) is 7.05 Å². The molecule has 1 aliphatic heterocycles. The third kappa shape index (κ3) is 2.04. The summed E-state index contributed by atoms with van der Waals surface area (Å²) in [5, 5.41) is 9.15. The fraction of sp³-hybridized carbons (Fsp3) is 0.400. The Morgan fingerprint density at radius 3 is 2.31 bits per heavy atom. The van der Waals surface area contributed by atoms with Crippen molar-refractivity contribution in [1.82, 2.24) is 4.72 Å².